The van der Waals surface area contributed by atoms with Crippen LogP contribution in [-0.4, -0.2) is 30.9 Å². The zero-order chi connectivity index (χ0) is 18.2. The molecule has 0 saturated carbocycles. The van der Waals surface area contributed by atoms with Crippen molar-refractivity contribution in [3.05, 3.63) is 35.5 Å². The average Bonchev–Trinajstić information content (AvgIpc) is 3.01. The lowest BCUT2D eigenvalue weighted by molar-refractivity contribution is -0.141. The van der Waals surface area contributed by atoms with Crippen molar-refractivity contribution in [3.63, 3.8) is 0 Å². The van der Waals surface area contributed by atoms with Crippen molar-refractivity contribution >= 4 is 11.8 Å². The molecule has 3 rings (SSSR count). The maximum absolute atomic E-state index is 13.1. The molecule has 6 nitrogen and oxygen atoms in total. The third-order valence-electron chi connectivity index (χ3n) is 3.70. The van der Waals surface area contributed by atoms with Crippen LogP contribution < -0.4 is 19.7 Å². The number of hydrogen-bond donors (Lipinski definition) is 1. The third-order valence-corrected chi connectivity index (χ3v) is 3.70. The highest BCUT2D eigenvalue weighted by Gasteiger charge is 2.34. The Bertz CT molecular complexity index is 780. The molecular formula is C16H17F3N4O2. The van der Waals surface area contributed by atoms with Crippen LogP contribution in [0, 0.1) is 0 Å². The van der Waals surface area contributed by atoms with Gasteiger partial charge < -0.3 is 19.7 Å². The van der Waals surface area contributed by atoms with E-state index in [1.165, 1.54) is 4.90 Å². The summed E-state index contributed by atoms with van der Waals surface area (Å²) in [6.07, 6.45) is -4.55. The second kappa shape index (κ2) is 6.30. The number of fused-ring (bicyclic) bond motifs is 1. The van der Waals surface area contributed by atoms with Crippen molar-refractivity contribution in [1.29, 1.82) is 0 Å². The SMILES string of the molecule is CC(Nc1nc(N(C)C)cc(C(F)(F)F)n1)c1ccc2c(c1)OCO2. The molecule has 9 heteroatoms. The fraction of sp³-hybridized carbons (Fsp3) is 0.375. The Kier molecular flexibility index (Phi) is 4.32. The van der Waals surface area contributed by atoms with Gasteiger partial charge in [-0.05, 0) is 24.6 Å². The van der Waals surface area contributed by atoms with Crippen LogP contribution in [0.15, 0.2) is 24.3 Å². The van der Waals surface area contributed by atoms with Crippen LogP contribution in [0.5, 0.6) is 11.5 Å². The topological polar surface area (TPSA) is 59.5 Å². The summed E-state index contributed by atoms with van der Waals surface area (Å²) >= 11 is 0. The summed E-state index contributed by atoms with van der Waals surface area (Å²) in [5, 5.41) is 2.91. The van der Waals surface area contributed by atoms with Gasteiger partial charge in [0.1, 0.15) is 5.82 Å². The van der Waals surface area contributed by atoms with Gasteiger partial charge in [0.15, 0.2) is 17.2 Å². The van der Waals surface area contributed by atoms with Crippen LogP contribution in [-0.2, 0) is 6.18 Å². The summed E-state index contributed by atoms with van der Waals surface area (Å²) in [6.45, 7) is 1.96. The molecule has 1 N–H and O–H groups in total. The Morgan fingerprint density at radius 1 is 1.12 bits per heavy atom. The Balaban J connectivity index is 1.87. The Morgan fingerprint density at radius 3 is 2.52 bits per heavy atom. The van der Waals surface area contributed by atoms with E-state index < -0.39 is 11.9 Å². The van der Waals surface area contributed by atoms with Crippen LogP contribution in [0.2, 0.25) is 0 Å². The lowest BCUT2D eigenvalue weighted by Crippen LogP contribution is -2.18. The number of ether oxygens (including phenoxy) is 2. The molecule has 2 heterocycles. The van der Waals surface area contributed by atoms with E-state index in [0.717, 1.165) is 11.6 Å². The van der Waals surface area contributed by atoms with Crippen LogP contribution in [0.1, 0.15) is 24.2 Å². The van der Waals surface area contributed by atoms with E-state index in [9.17, 15) is 13.2 Å². The van der Waals surface area contributed by atoms with Gasteiger partial charge in [-0.25, -0.2) is 4.98 Å². The number of halogens is 3. The molecule has 1 atom stereocenters. The molecule has 2 aromatic rings. The van der Waals surface area contributed by atoms with Crippen molar-refractivity contribution in [3.8, 4) is 11.5 Å². The predicted octanol–water partition coefficient (Wildman–Crippen LogP) is 3.46. The van der Waals surface area contributed by atoms with Gasteiger partial charge in [-0.1, -0.05) is 6.07 Å². The standard InChI is InChI=1S/C16H17F3N4O2/c1-9(10-4-5-11-12(6-10)25-8-24-11)20-15-21-13(16(17,18)19)7-14(22-15)23(2)3/h4-7,9H,8H2,1-3H3,(H,20,21,22). The number of nitrogens with one attached hydrogen (secondary N) is 1. The molecule has 1 aliphatic rings. The normalized spacial score (nSPS) is 14.3. The molecule has 0 saturated heterocycles. The molecule has 0 aliphatic carbocycles. The van der Waals surface area contributed by atoms with E-state index >= 15 is 0 Å². The average molecular weight is 354 g/mol. The number of alkyl halides is 3. The fourth-order valence-electron chi connectivity index (χ4n) is 2.33. The summed E-state index contributed by atoms with van der Waals surface area (Å²) < 4.78 is 49.7. The van der Waals surface area contributed by atoms with E-state index in [1.54, 1.807) is 33.2 Å². The molecule has 0 bridgehead atoms. The molecule has 1 aromatic carbocycles. The maximum Gasteiger partial charge on any atom is 0.433 e. The molecule has 0 fully saturated rings. The van der Waals surface area contributed by atoms with Gasteiger partial charge >= 0.3 is 6.18 Å². The van der Waals surface area contributed by atoms with Gasteiger partial charge in [0.25, 0.3) is 0 Å². The number of rotatable bonds is 4. The molecular weight excluding hydrogens is 337 g/mol. The van der Waals surface area contributed by atoms with Crippen molar-refractivity contribution in [2.75, 3.05) is 31.1 Å². The minimum absolute atomic E-state index is 0.0938. The second-order valence-electron chi connectivity index (χ2n) is 5.81. The van der Waals surface area contributed by atoms with E-state index in [-0.39, 0.29) is 24.6 Å². The number of nitrogens with zero attached hydrogens (tertiary/aromatic N) is 3. The van der Waals surface area contributed by atoms with Crippen molar-refractivity contribution in [1.82, 2.24) is 9.97 Å². The number of hydrogen-bond acceptors (Lipinski definition) is 6. The minimum Gasteiger partial charge on any atom is -0.454 e. The zero-order valence-electron chi connectivity index (χ0n) is 13.9. The molecule has 1 aromatic heterocycles. The molecule has 0 radical (unpaired) electrons. The highest BCUT2D eigenvalue weighted by atomic mass is 19.4. The smallest absolute Gasteiger partial charge is 0.433 e. The van der Waals surface area contributed by atoms with Crippen LogP contribution in [0.4, 0.5) is 24.9 Å². The summed E-state index contributed by atoms with van der Waals surface area (Å²) in [6, 6.07) is 5.93. The van der Waals surface area contributed by atoms with Crippen molar-refractivity contribution in [2.24, 2.45) is 0 Å². The van der Waals surface area contributed by atoms with Gasteiger partial charge in [-0.2, -0.15) is 18.2 Å². The van der Waals surface area contributed by atoms with Crippen LogP contribution in [0.25, 0.3) is 0 Å². The van der Waals surface area contributed by atoms with Gasteiger partial charge in [-0.3, -0.25) is 0 Å². The lowest BCUT2D eigenvalue weighted by Gasteiger charge is -2.19. The second-order valence-corrected chi connectivity index (χ2v) is 5.81. The Hall–Kier alpha value is -2.71. The van der Waals surface area contributed by atoms with Gasteiger partial charge in [-0.15, -0.1) is 0 Å². The highest BCUT2D eigenvalue weighted by Crippen LogP contribution is 2.35. The van der Waals surface area contributed by atoms with Crippen LogP contribution in [0.3, 0.4) is 0 Å². The fourth-order valence-corrected chi connectivity index (χ4v) is 2.33. The van der Waals surface area contributed by atoms with Gasteiger partial charge in [0, 0.05) is 20.2 Å². The summed E-state index contributed by atoms with van der Waals surface area (Å²) in [7, 11) is 3.24. The summed E-state index contributed by atoms with van der Waals surface area (Å²) in [5.41, 5.74) is -0.178. The molecule has 0 spiro atoms. The first-order chi connectivity index (χ1) is 11.7. The molecule has 1 aliphatic heterocycles. The predicted molar refractivity (Wildman–Crippen MR) is 86.0 cm³/mol. The van der Waals surface area contributed by atoms with E-state index in [1.807, 2.05) is 6.07 Å². The third kappa shape index (κ3) is 3.70. The van der Waals surface area contributed by atoms with E-state index in [4.69, 9.17) is 9.47 Å². The van der Waals surface area contributed by atoms with Crippen molar-refractivity contribution in [2.45, 2.75) is 19.1 Å². The number of benzene rings is 1. The quantitative estimate of drug-likeness (QED) is 0.907. The largest absolute Gasteiger partial charge is 0.454 e. The summed E-state index contributed by atoms with van der Waals surface area (Å²) in [4.78, 5) is 9.22. The Labute approximate surface area is 142 Å². The Morgan fingerprint density at radius 2 is 1.84 bits per heavy atom. The van der Waals surface area contributed by atoms with Crippen LogP contribution >= 0.6 is 0 Å². The van der Waals surface area contributed by atoms with Gasteiger partial charge in [0.05, 0.1) is 6.04 Å². The first-order valence-electron chi connectivity index (χ1n) is 7.54. The monoisotopic (exact) mass is 354 g/mol. The summed E-state index contributed by atoms with van der Waals surface area (Å²) in [5.74, 6) is 1.32. The molecule has 0 amide bonds. The van der Waals surface area contributed by atoms with E-state index in [2.05, 4.69) is 15.3 Å². The van der Waals surface area contributed by atoms with Crippen molar-refractivity contribution < 1.29 is 22.6 Å². The molecule has 134 valence electrons. The highest BCUT2D eigenvalue weighted by molar-refractivity contribution is 5.48. The first kappa shape index (κ1) is 17.1. The lowest BCUT2D eigenvalue weighted by atomic mass is 10.1. The van der Waals surface area contributed by atoms with Gasteiger partial charge in [0.2, 0.25) is 12.7 Å². The first-order valence-corrected chi connectivity index (χ1v) is 7.54. The number of aromatic nitrogens is 2. The minimum atomic E-state index is -4.55. The van der Waals surface area contributed by atoms with E-state index in [0.29, 0.717) is 11.5 Å². The molecule has 1 unspecified atom stereocenters. The maximum atomic E-state index is 13.1. The zero-order valence-corrected chi connectivity index (χ0v) is 13.9. The molecule has 25 heavy (non-hydrogen) atoms. The number of anilines is 2.